The molecule has 1 heterocycles. The van der Waals surface area contributed by atoms with E-state index in [2.05, 4.69) is 130 Å². The van der Waals surface area contributed by atoms with Gasteiger partial charge < -0.3 is 4.57 Å². The second-order valence-corrected chi connectivity index (χ2v) is 8.51. The van der Waals surface area contributed by atoms with Gasteiger partial charge in [-0.3, -0.25) is 0 Å². The van der Waals surface area contributed by atoms with E-state index < -0.39 is 0 Å². The van der Waals surface area contributed by atoms with E-state index >= 15 is 0 Å². The van der Waals surface area contributed by atoms with Crippen LogP contribution in [0.3, 0.4) is 0 Å². The molecule has 142 valence electrons. The van der Waals surface area contributed by atoms with Crippen LogP contribution in [0.1, 0.15) is 0 Å². The van der Waals surface area contributed by atoms with Gasteiger partial charge in [0.2, 0.25) is 0 Å². The van der Waals surface area contributed by atoms with E-state index in [0.717, 1.165) is 4.47 Å². The van der Waals surface area contributed by atoms with Gasteiger partial charge in [-0.15, -0.1) is 0 Å². The zero-order valence-electron chi connectivity index (χ0n) is 16.2. The molecule has 5 aromatic carbocycles. The Labute approximate surface area is 183 Å². The van der Waals surface area contributed by atoms with E-state index in [4.69, 9.17) is 0 Å². The molecular formula is C28H18BrN. The van der Waals surface area contributed by atoms with E-state index in [0.29, 0.717) is 0 Å². The van der Waals surface area contributed by atoms with Crippen molar-refractivity contribution in [3.63, 3.8) is 0 Å². The zero-order chi connectivity index (χ0) is 20.1. The Hall–Kier alpha value is -3.36. The Bertz CT molecular complexity index is 1530. The van der Waals surface area contributed by atoms with Crippen molar-refractivity contribution in [2.24, 2.45) is 0 Å². The lowest BCUT2D eigenvalue weighted by atomic mass is 10.0. The monoisotopic (exact) mass is 447 g/mol. The minimum absolute atomic E-state index is 1.10. The fourth-order valence-corrected chi connectivity index (χ4v) is 4.71. The third kappa shape index (κ3) is 2.68. The SMILES string of the molecule is Brc1ccc(-c2ccc3c(c2)c2ccc4ccccc4c2n3-c2ccccc2)cc1. The molecule has 6 aromatic rings. The van der Waals surface area contributed by atoms with Crippen LogP contribution in [0.15, 0.2) is 114 Å². The zero-order valence-corrected chi connectivity index (χ0v) is 17.8. The number of fused-ring (bicyclic) bond motifs is 5. The van der Waals surface area contributed by atoms with Crippen molar-refractivity contribution >= 4 is 48.5 Å². The number of para-hydroxylation sites is 1. The molecule has 0 saturated carbocycles. The molecule has 30 heavy (non-hydrogen) atoms. The summed E-state index contributed by atoms with van der Waals surface area (Å²) in [5, 5.41) is 5.10. The van der Waals surface area contributed by atoms with Gasteiger partial charge in [-0.25, -0.2) is 0 Å². The smallest absolute Gasteiger partial charge is 0.0619 e. The number of benzene rings is 5. The lowest BCUT2D eigenvalue weighted by Crippen LogP contribution is -1.93. The van der Waals surface area contributed by atoms with E-state index in [1.165, 1.54) is 49.4 Å². The van der Waals surface area contributed by atoms with Crippen molar-refractivity contribution in [3.05, 3.63) is 114 Å². The van der Waals surface area contributed by atoms with Crippen LogP contribution < -0.4 is 0 Å². The van der Waals surface area contributed by atoms with Crippen molar-refractivity contribution in [2.45, 2.75) is 0 Å². The van der Waals surface area contributed by atoms with Crippen molar-refractivity contribution in [3.8, 4) is 16.8 Å². The van der Waals surface area contributed by atoms with E-state index in [1.807, 2.05) is 0 Å². The standard InChI is InChI=1S/C28H18BrN/c29-22-14-10-19(11-15-22)21-13-17-27-26(18-21)25-16-12-20-6-4-5-9-24(20)28(25)30(27)23-7-2-1-3-8-23/h1-18H. The average molecular weight is 448 g/mol. The van der Waals surface area contributed by atoms with Crippen LogP contribution in [0.2, 0.25) is 0 Å². The largest absolute Gasteiger partial charge is 0.309 e. The molecule has 0 aliphatic heterocycles. The lowest BCUT2D eigenvalue weighted by molar-refractivity contribution is 1.19. The minimum Gasteiger partial charge on any atom is -0.309 e. The molecule has 0 unspecified atom stereocenters. The van der Waals surface area contributed by atoms with Gasteiger partial charge in [0.25, 0.3) is 0 Å². The van der Waals surface area contributed by atoms with Crippen molar-refractivity contribution in [1.29, 1.82) is 0 Å². The molecule has 0 spiro atoms. The molecule has 2 heteroatoms. The molecule has 0 amide bonds. The molecule has 0 radical (unpaired) electrons. The highest BCUT2D eigenvalue weighted by Crippen LogP contribution is 2.38. The highest BCUT2D eigenvalue weighted by molar-refractivity contribution is 9.10. The number of hydrogen-bond acceptors (Lipinski definition) is 0. The first-order chi connectivity index (χ1) is 14.8. The predicted molar refractivity (Wildman–Crippen MR) is 131 cm³/mol. The van der Waals surface area contributed by atoms with Gasteiger partial charge in [0, 0.05) is 26.3 Å². The van der Waals surface area contributed by atoms with Crippen molar-refractivity contribution < 1.29 is 0 Å². The van der Waals surface area contributed by atoms with Gasteiger partial charge >= 0.3 is 0 Å². The first kappa shape index (κ1) is 17.5. The number of rotatable bonds is 2. The summed E-state index contributed by atoms with van der Waals surface area (Å²) in [6, 6.07) is 39.1. The summed E-state index contributed by atoms with van der Waals surface area (Å²) >= 11 is 3.54. The van der Waals surface area contributed by atoms with Crippen LogP contribution in [0.5, 0.6) is 0 Å². The first-order valence-electron chi connectivity index (χ1n) is 10.1. The lowest BCUT2D eigenvalue weighted by Gasteiger charge is -2.10. The highest BCUT2D eigenvalue weighted by atomic mass is 79.9. The summed E-state index contributed by atoms with van der Waals surface area (Å²) < 4.78 is 3.50. The number of nitrogens with zero attached hydrogens (tertiary/aromatic N) is 1. The van der Waals surface area contributed by atoms with Gasteiger partial charge in [0.05, 0.1) is 11.0 Å². The van der Waals surface area contributed by atoms with Crippen LogP contribution in [0, 0.1) is 0 Å². The third-order valence-corrected chi connectivity index (χ3v) is 6.37. The molecule has 0 aliphatic carbocycles. The minimum atomic E-state index is 1.10. The van der Waals surface area contributed by atoms with Gasteiger partial charge in [-0.05, 0) is 52.9 Å². The van der Waals surface area contributed by atoms with Crippen LogP contribution in [-0.2, 0) is 0 Å². The highest BCUT2D eigenvalue weighted by Gasteiger charge is 2.15. The number of aromatic nitrogens is 1. The fraction of sp³-hybridized carbons (Fsp3) is 0. The molecule has 0 saturated heterocycles. The first-order valence-corrected chi connectivity index (χ1v) is 10.9. The Morgan fingerprint density at radius 2 is 1.27 bits per heavy atom. The van der Waals surface area contributed by atoms with Crippen LogP contribution >= 0.6 is 15.9 Å². The molecule has 0 bridgehead atoms. The van der Waals surface area contributed by atoms with Crippen molar-refractivity contribution in [2.75, 3.05) is 0 Å². The van der Waals surface area contributed by atoms with Crippen LogP contribution in [0.25, 0.3) is 49.4 Å². The van der Waals surface area contributed by atoms with Crippen molar-refractivity contribution in [1.82, 2.24) is 4.57 Å². The predicted octanol–water partition coefficient (Wildman–Crippen LogP) is 8.37. The van der Waals surface area contributed by atoms with E-state index in [1.54, 1.807) is 0 Å². The van der Waals surface area contributed by atoms with E-state index in [-0.39, 0.29) is 0 Å². The summed E-state index contributed by atoms with van der Waals surface area (Å²) in [6.07, 6.45) is 0. The Balaban J connectivity index is 1.75. The topological polar surface area (TPSA) is 4.93 Å². The van der Waals surface area contributed by atoms with Crippen LogP contribution in [-0.4, -0.2) is 4.57 Å². The molecule has 1 nitrogen and oxygen atoms in total. The maximum atomic E-state index is 3.54. The maximum absolute atomic E-state index is 3.54. The van der Waals surface area contributed by atoms with Gasteiger partial charge in [0.1, 0.15) is 0 Å². The Kier molecular flexibility index (Phi) is 4.00. The molecule has 6 rings (SSSR count). The quantitative estimate of drug-likeness (QED) is 0.251. The average Bonchev–Trinajstić information content (AvgIpc) is 3.14. The molecule has 0 N–H and O–H groups in total. The molecule has 0 fully saturated rings. The second-order valence-electron chi connectivity index (χ2n) is 7.59. The Morgan fingerprint density at radius 1 is 0.533 bits per heavy atom. The molecule has 0 atom stereocenters. The fourth-order valence-electron chi connectivity index (χ4n) is 4.45. The third-order valence-electron chi connectivity index (χ3n) is 5.84. The van der Waals surface area contributed by atoms with Crippen LogP contribution in [0.4, 0.5) is 0 Å². The summed E-state index contributed by atoms with van der Waals surface area (Å²) in [6.45, 7) is 0. The number of halogens is 1. The Morgan fingerprint density at radius 3 is 2.10 bits per heavy atom. The second kappa shape index (κ2) is 6.86. The van der Waals surface area contributed by atoms with Gasteiger partial charge in [0.15, 0.2) is 0 Å². The molecule has 0 aliphatic rings. The number of hydrogen-bond donors (Lipinski definition) is 0. The van der Waals surface area contributed by atoms with Gasteiger partial charge in [-0.1, -0.05) is 88.7 Å². The molecular weight excluding hydrogens is 430 g/mol. The maximum Gasteiger partial charge on any atom is 0.0619 e. The summed E-state index contributed by atoms with van der Waals surface area (Å²) in [5.74, 6) is 0. The van der Waals surface area contributed by atoms with Gasteiger partial charge in [-0.2, -0.15) is 0 Å². The summed E-state index contributed by atoms with van der Waals surface area (Å²) in [4.78, 5) is 0. The summed E-state index contributed by atoms with van der Waals surface area (Å²) in [5.41, 5.74) is 6.14. The summed E-state index contributed by atoms with van der Waals surface area (Å²) in [7, 11) is 0. The van der Waals surface area contributed by atoms with E-state index in [9.17, 15) is 0 Å². The normalized spacial score (nSPS) is 11.5. The molecule has 1 aromatic heterocycles.